The lowest BCUT2D eigenvalue weighted by molar-refractivity contribution is 0.0786. The van der Waals surface area contributed by atoms with Crippen LogP contribution >= 0.6 is 0 Å². The SMILES string of the molecule is [B]C1CCNO1. The summed E-state index contributed by atoms with van der Waals surface area (Å²) in [5, 5.41) is 0. The summed E-state index contributed by atoms with van der Waals surface area (Å²) in [5.74, 6) is 0. The minimum atomic E-state index is -0.0648. The highest BCUT2D eigenvalue weighted by molar-refractivity contribution is 6.11. The Morgan fingerprint density at radius 3 is 2.83 bits per heavy atom. The Hall–Kier alpha value is -0.0151. The lowest BCUT2D eigenvalue weighted by Crippen LogP contribution is -2.08. The molecule has 3 heteroatoms. The van der Waals surface area contributed by atoms with Crippen molar-refractivity contribution in [3.05, 3.63) is 0 Å². The van der Waals surface area contributed by atoms with Crippen molar-refractivity contribution in [2.45, 2.75) is 12.4 Å². The second-order valence-electron chi connectivity index (χ2n) is 1.34. The standard InChI is InChI=1S/C3H6BNO/c4-3-1-2-5-6-3/h3,5H,1-2H2. The van der Waals surface area contributed by atoms with Gasteiger partial charge in [0.1, 0.15) is 7.85 Å². The Morgan fingerprint density at radius 2 is 2.67 bits per heavy atom. The molecule has 0 aliphatic carbocycles. The zero-order chi connectivity index (χ0) is 4.41. The molecular formula is C3H6BNO. The van der Waals surface area contributed by atoms with Gasteiger partial charge in [-0.3, -0.25) is 0 Å². The summed E-state index contributed by atoms with van der Waals surface area (Å²) in [5.41, 5.74) is 2.65. The van der Waals surface area contributed by atoms with Crippen LogP contribution in [0.4, 0.5) is 0 Å². The molecule has 0 aromatic carbocycles. The van der Waals surface area contributed by atoms with Crippen molar-refractivity contribution < 1.29 is 4.84 Å². The van der Waals surface area contributed by atoms with Crippen molar-refractivity contribution in [2.24, 2.45) is 0 Å². The first kappa shape index (κ1) is 4.15. The van der Waals surface area contributed by atoms with Crippen LogP contribution in [0.5, 0.6) is 0 Å². The first-order chi connectivity index (χ1) is 2.89. The number of hydrogen-bond donors (Lipinski definition) is 1. The number of hydrogen-bond acceptors (Lipinski definition) is 2. The van der Waals surface area contributed by atoms with Gasteiger partial charge in [-0.25, -0.2) is 5.48 Å². The van der Waals surface area contributed by atoms with Crippen LogP contribution in [-0.4, -0.2) is 20.4 Å². The van der Waals surface area contributed by atoms with Crippen LogP contribution in [0.1, 0.15) is 6.42 Å². The van der Waals surface area contributed by atoms with Gasteiger partial charge in [0.2, 0.25) is 0 Å². The molecule has 0 aromatic heterocycles. The summed E-state index contributed by atoms with van der Waals surface area (Å²) in [4.78, 5) is 4.68. The quantitative estimate of drug-likeness (QED) is 0.395. The fraction of sp³-hybridized carbons (Fsp3) is 1.00. The second-order valence-corrected chi connectivity index (χ2v) is 1.34. The van der Waals surface area contributed by atoms with Crippen molar-refractivity contribution in [1.82, 2.24) is 5.48 Å². The van der Waals surface area contributed by atoms with E-state index in [1.807, 2.05) is 0 Å². The second kappa shape index (κ2) is 1.62. The molecule has 1 saturated heterocycles. The van der Waals surface area contributed by atoms with E-state index in [4.69, 9.17) is 7.85 Å². The van der Waals surface area contributed by atoms with E-state index in [0.717, 1.165) is 13.0 Å². The molecule has 0 aromatic rings. The van der Waals surface area contributed by atoms with Crippen LogP contribution in [-0.2, 0) is 4.84 Å². The van der Waals surface area contributed by atoms with Crippen molar-refractivity contribution >= 4 is 7.85 Å². The first-order valence-corrected chi connectivity index (χ1v) is 2.03. The molecule has 0 saturated carbocycles. The molecule has 0 amide bonds. The van der Waals surface area contributed by atoms with E-state index in [-0.39, 0.29) is 6.00 Å². The summed E-state index contributed by atoms with van der Waals surface area (Å²) in [6.07, 6.45) is 0.931. The first-order valence-electron chi connectivity index (χ1n) is 2.03. The molecule has 6 heavy (non-hydrogen) atoms. The molecule has 0 spiro atoms. The molecule has 1 fully saturated rings. The average molecular weight is 82.9 g/mol. The molecular weight excluding hydrogens is 76.9 g/mol. The van der Waals surface area contributed by atoms with E-state index in [9.17, 15) is 0 Å². The third-order valence-corrected chi connectivity index (χ3v) is 0.766. The zero-order valence-corrected chi connectivity index (χ0v) is 3.48. The maximum absolute atomic E-state index is 5.25. The predicted octanol–water partition coefficient (Wildman–Crippen LogP) is -0.594. The lowest BCUT2D eigenvalue weighted by Gasteiger charge is -1.93. The number of rotatable bonds is 0. The Balaban J connectivity index is 2.18. The fourth-order valence-corrected chi connectivity index (χ4v) is 0.426. The van der Waals surface area contributed by atoms with Crippen molar-refractivity contribution in [3.63, 3.8) is 0 Å². The van der Waals surface area contributed by atoms with E-state index in [2.05, 4.69) is 10.3 Å². The molecule has 1 N–H and O–H groups in total. The van der Waals surface area contributed by atoms with Crippen LogP contribution < -0.4 is 5.48 Å². The Bertz CT molecular complexity index is 44.1. The molecule has 0 bridgehead atoms. The summed E-state index contributed by atoms with van der Waals surface area (Å²) in [6.45, 7) is 0.890. The minimum Gasteiger partial charge on any atom is -0.308 e. The molecule has 1 atom stereocenters. The van der Waals surface area contributed by atoms with Crippen LogP contribution in [0.3, 0.4) is 0 Å². The maximum Gasteiger partial charge on any atom is 0.111 e. The molecule has 2 nitrogen and oxygen atoms in total. The van der Waals surface area contributed by atoms with Crippen molar-refractivity contribution in [2.75, 3.05) is 6.54 Å². The van der Waals surface area contributed by atoms with Crippen LogP contribution in [0, 0.1) is 0 Å². The molecule has 1 aliphatic heterocycles. The monoisotopic (exact) mass is 83.1 g/mol. The fourth-order valence-electron chi connectivity index (χ4n) is 0.426. The molecule has 32 valence electrons. The lowest BCUT2D eigenvalue weighted by atomic mass is 9.98. The van der Waals surface area contributed by atoms with Gasteiger partial charge in [-0.1, -0.05) is 0 Å². The Kier molecular flexibility index (Phi) is 1.12. The molecule has 1 rings (SSSR count). The maximum atomic E-state index is 5.25. The van der Waals surface area contributed by atoms with Gasteiger partial charge in [-0.05, 0) is 6.42 Å². The van der Waals surface area contributed by atoms with Gasteiger partial charge >= 0.3 is 0 Å². The van der Waals surface area contributed by atoms with Gasteiger partial charge in [-0.2, -0.15) is 0 Å². The highest BCUT2D eigenvalue weighted by Crippen LogP contribution is 1.95. The van der Waals surface area contributed by atoms with E-state index in [1.165, 1.54) is 0 Å². The summed E-state index contributed by atoms with van der Waals surface area (Å²) < 4.78 is 0. The third-order valence-electron chi connectivity index (χ3n) is 0.766. The van der Waals surface area contributed by atoms with Gasteiger partial charge in [-0.15, -0.1) is 0 Å². The van der Waals surface area contributed by atoms with Gasteiger partial charge in [0.15, 0.2) is 0 Å². The Morgan fingerprint density at radius 1 is 1.83 bits per heavy atom. The molecule has 1 unspecified atom stereocenters. The average Bonchev–Trinajstić information content (AvgIpc) is 1.86. The Labute approximate surface area is 38.2 Å². The molecule has 1 aliphatic rings. The van der Waals surface area contributed by atoms with Gasteiger partial charge < -0.3 is 4.84 Å². The normalized spacial score (nSPS) is 34.3. The topological polar surface area (TPSA) is 21.3 Å². The highest BCUT2D eigenvalue weighted by atomic mass is 16.7. The highest BCUT2D eigenvalue weighted by Gasteiger charge is 2.06. The third kappa shape index (κ3) is 0.728. The van der Waals surface area contributed by atoms with E-state index in [0.29, 0.717) is 0 Å². The van der Waals surface area contributed by atoms with Gasteiger partial charge in [0.25, 0.3) is 0 Å². The molecule has 1 heterocycles. The largest absolute Gasteiger partial charge is 0.308 e. The van der Waals surface area contributed by atoms with Crippen LogP contribution in [0.2, 0.25) is 0 Å². The zero-order valence-electron chi connectivity index (χ0n) is 3.48. The summed E-state index contributed by atoms with van der Waals surface area (Å²) >= 11 is 0. The van der Waals surface area contributed by atoms with E-state index >= 15 is 0 Å². The van der Waals surface area contributed by atoms with Crippen molar-refractivity contribution in [3.8, 4) is 0 Å². The smallest absolute Gasteiger partial charge is 0.111 e. The predicted molar refractivity (Wildman–Crippen MR) is 23.2 cm³/mol. The van der Waals surface area contributed by atoms with Gasteiger partial charge in [0.05, 0.1) is 0 Å². The van der Waals surface area contributed by atoms with Crippen LogP contribution in [0.15, 0.2) is 0 Å². The van der Waals surface area contributed by atoms with E-state index in [1.54, 1.807) is 0 Å². The minimum absolute atomic E-state index is 0.0648. The molecule has 2 radical (unpaired) electrons. The number of nitrogens with one attached hydrogen (secondary N) is 1. The van der Waals surface area contributed by atoms with Gasteiger partial charge in [0, 0.05) is 12.5 Å². The number of hydroxylamine groups is 1. The summed E-state index contributed by atoms with van der Waals surface area (Å²) in [6, 6.07) is -0.0648. The van der Waals surface area contributed by atoms with Crippen LogP contribution in [0.25, 0.3) is 0 Å². The van der Waals surface area contributed by atoms with Crippen molar-refractivity contribution in [1.29, 1.82) is 0 Å². The van der Waals surface area contributed by atoms with E-state index < -0.39 is 0 Å². The summed E-state index contributed by atoms with van der Waals surface area (Å²) in [7, 11) is 5.25.